The van der Waals surface area contributed by atoms with E-state index in [1.165, 1.54) is 38.5 Å². The molecule has 6 rings (SSSR count). The summed E-state index contributed by atoms with van der Waals surface area (Å²) < 4.78 is 12.1. The molecule has 1 spiro atoms. The highest BCUT2D eigenvalue weighted by Crippen LogP contribution is 2.63. The molecule has 3 saturated heterocycles. The second-order valence-corrected chi connectivity index (χ2v) is 13.2. The van der Waals surface area contributed by atoms with E-state index in [2.05, 4.69) is 32.6 Å². The van der Waals surface area contributed by atoms with Gasteiger partial charge >= 0.3 is 5.97 Å². The van der Waals surface area contributed by atoms with Gasteiger partial charge in [-0.25, -0.2) is 0 Å². The van der Waals surface area contributed by atoms with Crippen molar-refractivity contribution >= 4 is 5.97 Å². The fourth-order valence-electron chi connectivity index (χ4n) is 9.21. The zero-order valence-electron chi connectivity index (χ0n) is 18.8. The summed E-state index contributed by atoms with van der Waals surface area (Å²) in [5.74, 6) is 1.20. The molecule has 4 nitrogen and oxygen atoms in total. The molecule has 6 fully saturated rings. The van der Waals surface area contributed by atoms with Crippen LogP contribution in [0.25, 0.3) is 0 Å². The third-order valence-electron chi connectivity index (χ3n) is 10.0. The first-order valence-electron chi connectivity index (χ1n) is 12.2. The summed E-state index contributed by atoms with van der Waals surface area (Å²) in [6.45, 7) is 12.8. The zero-order chi connectivity index (χ0) is 20.2. The Bertz CT molecular complexity index is 730. The Morgan fingerprint density at radius 2 is 1.90 bits per heavy atom. The topological polar surface area (TPSA) is 42.1 Å². The van der Waals surface area contributed by atoms with Gasteiger partial charge in [0.25, 0.3) is 0 Å². The van der Waals surface area contributed by atoms with Crippen molar-refractivity contribution in [3.05, 3.63) is 0 Å². The van der Waals surface area contributed by atoms with Crippen molar-refractivity contribution in [3.63, 3.8) is 0 Å². The Morgan fingerprint density at radius 1 is 1.10 bits per heavy atom. The maximum absolute atomic E-state index is 13.0. The first-order chi connectivity index (χ1) is 13.6. The quantitative estimate of drug-likeness (QED) is 0.508. The molecule has 0 aromatic carbocycles. The van der Waals surface area contributed by atoms with Crippen molar-refractivity contribution in [3.8, 4) is 0 Å². The molecule has 0 radical (unpaired) electrons. The predicted octanol–water partition coefficient (Wildman–Crippen LogP) is 4.41. The summed E-state index contributed by atoms with van der Waals surface area (Å²) in [6, 6.07) is 0.650. The summed E-state index contributed by atoms with van der Waals surface area (Å²) >= 11 is 0. The number of rotatable bonds is 2. The molecule has 0 aromatic heterocycles. The minimum atomic E-state index is 0.0772. The minimum absolute atomic E-state index is 0.0772. The van der Waals surface area contributed by atoms with Gasteiger partial charge in [0.05, 0.1) is 18.1 Å². The van der Waals surface area contributed by atoms with E-state index in [9.17, 15) is 4.79 Å². The highest BCUT2D eigenvalue weighted by Gasteiger charge is 2.65. The van der Waals surface area contributed by atoms with Gasteiger partial charge in [-0.1, -0.05) is 27.7 Å². The largest absolute Gasteiger partial charge is 0.462 e. The minimum Gasteiger partial charge on any atom is -0.462 e. The molecule has 3 aliphatic carbocycles. The Hall–Kier alpha value is -0.610. The van der Waals surface area contributed by atoms with Gasteiger partial charge in [0.2, 0.25) is 0 Å². The van der Waals surface area contributed by atoms with E-state index < -0.39 is 0 Å². The van der Waals surface area contributed by atoms with E-state index in [0.29, 0.717) is 34.1 Å². The first kappa shape index (κ1) is 19.1. The summed E-state index contributed by atoms with van der Waals surface area (Å²) in [7, 11) is 0. The molecule has 0 N–H and O–H groups in total. The lowest BCUT2D eigenvalue weighted by Crippen LogP contribution is -2.51. The third-order valence-corrected chi connectivity index (χ3v) is 10.0. The van der Waals surface area contributed by atoms with Gasteiger partial charge in [0.15, 0.2) is 0 Å². The van der Waals surface area contributed by atoms with Crippen molar-refractivity contribution in [2.75, 3.05) is 19.7 Å². The Balaban J connectivity index is 1.22. The van der Waals surface area contributed by atoms with E-state index in [1.54, 1.807) is 0 Å². The maximum atomic E-state index is 13.0. The number of likely N-dealkylation sites (tertiary alicyclic amines) is 1. The van der Waals surface area contributed by atoms with Crippen LogP contribution < -0.4 is 0 Å². The molecule has 29 heavy (non-hydrogen) atoms. The van der Waals surface area contributed by atoms with Crippen molar-refractivity contribution in [1.29, 1.82) is 0 Å². The maximum Gasteiger partial charge on any atom is 0.310 e. The van der Waals surface area contributed by atoms with E-state index in [4.69, 9.17) is 9.47 Å². The van der Waals surface area contributed by atoms with Crippen LogP contribution in [0.15, 0.2) is 0 Å². The van der Waals surface area contributed by atoms with Gasteiger partial charge in [0, 0.05) is 25.0 Å². The lowest BCUT2D eigenvalue weighted by atomic mass is 9.53. The van der Waals surface area contributed by atoms with Gasteiger partial charge in [-0.15, -0.1) is 0 Å². The Morgan fingerprint density at radius 3 is 2.66 bits per heavy atom. The molecule has 3 saturated carbocycles. The number of esters is 1. The number of carbonyl (C=O) groups is 1. The van der Waals surface area contributed by atoms with Gasteiger partial charge in [-0.2, -0.15) is 0 Å². The van der Waals surface area contributed by atoms with Crippen LogP contribution in [0.5, 0.6) is 0 Å². The number of hydrogen-bond acceptors (Lipinski definition) is 4. The molecule has 3 heterocycles. The molecule has 0 aromatic rings. The SMILES string of the molecule is CC1(C)C[C@H]2C[C@](C)(CN2C[C@H]2C(=O)O[C@@H]3C[C@@]4(C)CCC[C@@]5(CO5)[C@@H]4C[C@@H]32)C1. The normalized spacial score (nSPS) is 55.4. The van der Waals surface area contributed by atoms with Crippen LogP contribution in [0.4, 0.5) is 0 Å². The first-order valence-corrected chi connectivity index (χ1v) is 12.2. The van der Waals surface area contributed by atoms with Crippen LogP contribution in [0.2, 0.25) is 0 Å². The highest BCUT2D eigenvalue weighted by atomic mass is 16.6. The van der Waals surface area contributed by atoms with E-state index in [-0.39, 0.29) is 23.6 Å². The van der Waals surface area contributed by atoms with Gasteiger partial charge < -0.3 is 9.47 Å². The van der Waals surface area contributed by atoms with Crippen LogP contribution in [0.3, 0.4) is 0 Å². The van der Waals surface area contributed by atoms with E-state index >= 15 is 0 Å². The summed E-state index contributed by atoms with van der Waals surface area (Å²) in [4.78, 5) is 15.7. The van der Waals surface area contributed by atoms with Crippen LogP contribution in [-0.2, 0) is 14.3 Å². The van der Waals surface area contributed by atoms with Crippen molar-refractivity contribution in [2.24, 2.45) is 34.0 Å². The molecule has 3 aliphatic heterocycles. The second kappa shape index (κ2) is 5.79. The van der Waals surface area contributed by atoms with Gasteiger partial charge in [-0.3, -0.25) is 9.69 Å². The van der Waals surface area contributed by atoms with E-state index in [1.807, 2.05) is 0 Å². The number of nitrogens with zero attached hydrogens (tertiary/aromatic N) is 1. The number of carbonyl (C=O) groups excluding carboxylic acids is 1. The summed E-state index contributed by atoms with van der Waals surface area (Å²) in [6.07, 6.45) is 10.0. The summed E-state index contributed by atoms with van der Waals surface area (Å²) in [5.41, 5.74) is 1.30. The lowest BCUT2D eigenvalue weighted by Gasteiger charge is -2.51. The molecule has 6 aliphatic rings. The molecule has 0 amide bonds. The number of hydrogen-bond donors (Lipinski definition) is 0. The van der Waals surface area contributed by atoms with Crippen LogP contribution in [0, 0.1) is 34.0 Å². The molecule has 4 heteroatoms. The average Bonchev–Trinajstić information content (AvgIpc) is 3.23. The smallest absolute Gasteiger partial charge is 0.310 e. The molecule has 2 bridgehead atoms. The second-order valence-electron chi connectivity index (χ2n) is 13.2. The highest BCUT2D eigenvalue weighted by molar-refractivity contribution is 5.75. The van der Waals surface area contributed by atoms with Gasteiger partial charge in [-0.05, 0) is 73.5 Å². The van der Waals surface area contributed by atoms with Crippen molar-refractivity contribution in [1.82, 2.24) is 4.90 Å². The number of fused-ring (bicyclic) bond motifs is 5. The number of ether oxygens (including phenoxy) is 2. The number of epoxide rings is 1. The van der Waals surface area contributed by atoms with Crippen molar-refractivity contribution < 1.29 is 14.3 Å². The monoisotopic (exact) mass is 401 g/mol. The molecular formula is C25H39NO3. The average molecular weight is 402 g/mol. The standard InChI is InChI=1S/C25H39NO3/c1-22(2)9-16-10-23(3,13-22)14-26(16)12-18-17-8-20-24(4,11-19(17)29-21(18)27)6-5-7-25(20)15-28-25/h16-20H,5-15H2,1-4H3/t16-,17+,18+,19+,20+,23-,24+,25+/m0/s1. The molecule has 0 unspecified atom stereocenters. The Labute approximate surface area is 176 Å². The molecule has 8 atom stereocenters. The predicted molar refractivity (Wildman–Crippen MR) is 111 cm³/mol. The zero-order valence-corrected chi connectivity index (χ0v) is 18.8. The molecule has 162 valence electrons. The summed E-state index contributed by atoms with van der Waals surface area (Å²) in [5, 5.41) is 0. The fourth-order valence-corrected chi connectivity index (χ4v) is 9.21. The van der Waals surface area contributed by atoms with Gasteiger partial charge in [0.1, 0.15) is 6.10 Å². The lowest BCUT2D eigenvalue weighted by molar-refractivity contribution is -0.147. The van der Waals surface area contributed by atoms with Crippen molar-refractivity contribution in [2.45, 2.75) is 96.8 Å². The van der Waals surface area contributed by atoms with Crippen LogP contribution >= 0.6 is 0 Å². The van der Waals surface area contributed by atoms with E-state index in [0.717, 1.165) is 32.5 Å². The Kier molecular flexibility index (Phi) is 3.82. The fraction of sp³-hybridized carbons (Fsp3) is 0.960. The molecular weight excluding hydrogens is 362 g/mol. The van der Waals surface area contributed by atoms with Crippen LogP contribution in [-0.4, -0.2) is 48.3 Å². The third kappa shape index (κ3) is 2.87. The van der Waals surface area contributed by atoms with Crippen LogP contribution in [0.1, 0.15) is 79.1 Å².